The number of hydrogen-bond donors (Lipinski definition) is 0. The van der Waals surface area contributed by atoms with Crippen molar-refractivity contribution in [2.24, 2.45) is 5.92 Å². The Morgan fingerprint density at radius 3 is 2.31 bits per heavy atom. The lowest BCUT2D eigenvalue weighted by Crippen LogP contribution is -2.46. The average Bonchev–Trinajstić information content (AvgIpc) is 3.19. The molecule has 2 aliphatic heterocycles. The van der Waals surface area contributed by atoms with Crippen LogP contribution in [0.2, 0.25) is 0 Å². The van der Waals surface area contributed by atoms with Crippen molar-refractivity contribution >= 4 is 16.9 Å². The Hall–Kier alpha value is -3.21. The molecule has 0 radical (unpaired) electrons. The number of carbonyl (C=O) groups excluding carboxylic acids is 1. The molecule has 0 aliphatic carbocycles. The van der Waals surface area contributed by atoms with E-state index in [1.54, 1.807) is 17.0 Å². The molecule has 0 atom stereocenters. The summed E-state index contributed by atoms with van der Waals surface area (Å²) in [4.78, 5) is 34.9. The van der Waals surface area contributed by atoms with Gasteiger partial charge in [-0.2, -0.15) is 13.2 Å². The van der Waals surface area contributed by atoms with Crippen LogP contribution in [0.1, 0.15) is 50.1 Å². The van der Waals surface area contributed by atoms with Gasteiger partial charge in [-0.05, 0) is 81.1 Å². The van der Waals surface area contributed by atoms with Crippen LogP contribution in [0.5, 0.6) is 0 Å². The van der Waals surface area contributed by atoms with E-state index in [4.69, 9.17) is 0 Å². The SMILES string of the molecule is O=C(C1CCN(Cc2ccncc2)CC1)N1CCC(n2c(=O)n(CCCC(F)(F)F)c3cc(F)ccc32)CC1. The number of aromatic nitrogens is 3. The Kier molecular flexibility index (Phi) is 8.06. The van der Waals surface area contributed by atoms with Gasteiger partial charge in [0.25, 0.3) is 0 Å². The van der Waals surface area contributed by atoms with E-state index in [2.05, 4.69) is 9.88 Å². The lowest BCUT2D eigenvalue weighted by molar-refractivity contribution is -0.138. The molecule has 0 saturated carbocycles. The molecular weight excluding hydrogens is 514 g/mol. The van der Waals surface area contributed by atoms with Crippen LogP contribution in [0.4, 0.5) is 17.6 Å². The van der Waals surface area contributed by atoms with Crippen molar-refractivity contribution in [1.82, 2.24) is 23.9 Å². The first-order valence-corrected chi connectivity index (χ1v) is 13.6. The average molecular weight is 548 g/mol. The molecular formula is C28H33F4N5O2. The second-order valence-electron chi connectivity index (χ2n) is 10.6. The maximum Gasteiger partial charge on any atom is 0.389 e. The molecule has 2 aromatic heterocycles. The Balaban J connectivity index is 1.21. The van der Waals surface area contributed by atoms with Crippen molar-refractivity contribution in [3.05, 3.63) is 64.6 Å². The monoisotopic (exact) mass is 547 g/mol. The number of imidazole rings is 1. The van der Waals surface area contributed by atoms with Gasteiger partial charge in [-0.25, -0.2) is 9.18 Å². The molecule has 210 valence electrons. The zero-order valence-electron chi connectivity index (χ0n) is 21.7. The van der Waals surface area contributed by atoms with E-state index in [1.807, 2.05) is 17.0 Å². The zero-order chi connectivity index (χ0) is 27.6. The number of carbonyl (C=O) groups is 1. The summed E-state index contributed by atoms with van der Waals surface area (Å²) in [6.45, 7) is 3.44. The van der Waals surface area contributed by atoms with Gasteiger partial charge in [-0.1, -0.05) is 0 Å². The number of hydrogen-bond acceptors (Lipinski definition) is 4. The molecule has 0 bridgehead atoms. The normalized spacial score (nSPS) is 18.2. The lowest BCUT2D eigenvalue weighted by Gasteiger charge is -2.37. The molecule has 0 spiro atoms. The van der Waals surface area contributed by atoms with Gasteiger partial charge in [0.1, 0.15) is 5.82 Å². The highest BCUT2D eigenvalue weighted by atomic mass is 19.4. The maximum atomic E-state index is 14.0. The van der Waals surface area contributed by atoms with Crippen LogP contribution in [0.3, 0.4) is 0 Å². The first kappa shape index (κ1) is 27.4. The third kappa shape index (κ3) is 6.34. The number of pyridine rings is 1. The molecule has 0 unspecified atom stereocenters. The first-order valence-electron chi connectivity index (χ1n) is 13.6. The standard InChI is InChI=1S/C28H33F4N5O2/c29-22-2-3-24-25(18-22)36(13-1-10-28(30,31)32)27(39)37(24)23-8-16-35(17-9-23)26(38)21-6-14-34(15-7-21)19-20-4-11-33-12-5-20/h2-5,11-12,18,21,23H,1,6-10,13-17,19H2. The minimum Gasteiger partial charge on any atom is -0.342 e. The molecule has 39 heavy (non-hydrogen) atoms. The molecule has 1 aromatic carbocycles. The van der Waals surface area contributed by atoms with Crippen LogP contribution in [0, 0.1) is 11.7 Å². The third-order valence-electron chi connectivity index (χ3n) is 8.00. The molecule has 2 aliphatic rings. The summed E-state index contributed by atoms with van der Waals surface area (Å²) < 4.78 is 54.9. The van der Waals surface area contributed by atoms with Crippen LogP contribution in [-0.2, 0) is 17.9 Å². The van der Waals surface area contributed by atoms with E-state index < -0.39 is 24.1 Å². The number of piperidine rings is 2. The van der Waals surface area contributed by atoms with E-state index in [9.17, 15) is 27.2 Å². The molecule has 7 nitrogen and oxygen atoms in total. The van der Waals surface area contributed by atoms with Gasteiger partial charge < -0.3 is 4.90 Å². The van der Waals surface area contributed by atoms with Crippen molar-refractivity contribution in [2.45, 2.75) is 63.8 Å². The highest BCUT2D eigenvalue weighted by Crippen LogP contribution is 2.29. The number of alkyl halides is 3. The Bertz CT molecular complexity index is 1340. The smallest absolute Gasteiger partial charge is 0.342 e. The quantitative estimate of drug-likeness (QED) is 0.401. The van der Waals surface area contributed by atoms with Crippen molar-refractivity contribution in [2.75, 3.05) is 26.2 Å². The minimum absolute atomic E-state index is 0.0171. The highest BCUT2D eigenvalue weighted by molar-refractivity contribution is 5.79. The molecule has 11 heteroatoms. The number of fused-ring (bicyclic) bond motifs is 1. The number of rotatable bonds is 7. The summed E-state index contributed by atoms with van der Waals surface area (Å²) in [6, 6.07) is 7.79. The van der Waals surface area contributed by atoms with Crippen molar-refractivity contribution in [3.8, 4) is 0 Å². The van der Waals surface area contributed by atoms with E-state index in [1.165, 1.54) is 28.3 Å². The van der Waals surface area contributed by atoms with Crippen LogP contribution in [-0.4, -0.2) is 62.2 Å². The fraction of sp³-hybridized carbons (Fsp3) is 0.536. The number of aryl methyl sites for hydroxylation is 1. The van der Waals surface area contributed by atoms with Gasteiger partial charge in [-0.15, -0.1) is 0 Å². The van der Waals surface area contributed by atoms with Gasteiger partial charge in [0.15, 0.2) is 0 Å². The number of benzene rings is 1. The topological polar surface area (TPSA) is 63.4 Å². The predicted octanol–water partition coefficient (Wildman–Crippen LogP) is 4.76. The van der Waals surface area contributed by atoms with E-state index >= 15 is 0 Å². The molecule has 2 saturated heterocycles. The summed E-state index contributed by atoms with van der Waals surface area (Å²) in [7, 11) is 0. The fourth-order valence-electron chi connectivity index (χ4n) is 5.95. The summed E-state index contributed by atoms with van der Waals surface area (Å²) in [5, 5.41) is 0. The van der Waals surface area contributed by atoms with Crippen LogP contribution in [0.25, 0.3) is 11.0 Å². The summed E-state index contributed by atoms with van der Waals surface area (Å²) in [5.74, 6) is -0.408. The van der Waals surface area contributed by atoms with Gasteiger partial charge in [0.05, 0.1) is 11.0 Å². The third-order valence-corrected chi connectivity index (χ3v) is 8.00. The van der Waals surface area contributed by atoms with E-state index in [-0.39, 0.29) is 30.8 Å². The molecule has 5 rings (SSSR count). The lowest BCUT2D eigenvalue weighted by atomic mass is 9.93. The molecule has 0 N–H and O–H groups in total. The Morgan fingerprint density at radius 1 is 0.949 bits per heavy atom. The van der Waals surface area contributed by atoms with Gasteiger partial charge in [0.2, 0.25) is 5.91 Å². The van der Waals surface area contributed by atoms with Gasteiger partial charge in [0, 0.05) is 57.0 Å². The number of likely N-dealkylation sites (tertiary alicyclic amines) is 2. The Labute approximate surface area is 224 Å². The first-order chi connectivity index (χ1) is 18.7. The highest BCUT2D eigenvalue weighted by Gasteiger charge is 2.33. The van der Waals surface area contributed by atoms with Gasteiger partial charge in [-0.3, -0.25) is 23.8 Å². The van der Waals surface area contributed by atoms with E-state index in [0.29, 0.717) is 37.0 Å². The van der Waals surface area contributed by atoms with Gasteiger partial charge >= 0.3 is 11.9 Å². The Morgan fingerprint density at radius 2 is 1.64 bits per heavy atom. The number of nitrogens with zero attached hydrogens (tertiary/aromatic N) is 5. The second-order valence-corrected chi connectivity index (χ2v) is 10.6. The van der Waals surface area contributed by atoms with Crippen LogP contribution < -0.4 is 5.69 Å². The van der Waals surface area contributed by atoms with Crippen LogP contribution in [0.15, 0.2) is 47.5 Å². The van der Waals surface area contributed by atoms with Crippen molar-refractivity contribution in [3.63, 3.8) is 0 Å². The largest absolute Gasteiger partial charge is 0.389 e. The molecule has 4 heterocycles. The molecule has 1 amide bonds. The maximum absolute atomic E-state index is 14.0. The number of halogens is 4. The van der Waals surface area contributed by atoms with Crippen molar-refractivity contribution < 1.29 is 22.4 Å². The predicted molar refractivity (Wildman–Crippen MR) is 139 cm³/mol. The summed E-state index contributed by atoms with van der Waals surface area (Å²) in [6.07, 6.45) is 0.721. The minimum atomic E-state index is -4.32. The summed E-state index contributed by atoms with van der Waals surface area (Å²) >= 11 is 0. The van der Waals surface area contributed by atoms with Crippen molar-refractivity contribution in [1.29, 1.82) is 0 Å². The molecule has 3 aromatic rings. The number of amides is 1. The zero-order valence-corrected chi connectivity index (χ0v) is 21.7. The molecule has 2 fully saturated rings. The van der Waals surface area contributed by atoms with Crippen LogP contribution >= 0.6 is 0 Å². The second kappa shape index (κ2) is 11.5. The fourth-order valence-corrected chi connectivity index (χ4v) is 5.95. The van der Waals surface area contributed by atoms with E-state index in [0.717, 1.165) is 32.5 Å². The summed E-state index contributed by atoms with van der Waals surface area (Å²) in [5.41, 5.74) is 1.60.